The van der Waals surface area contributed by atoms with Crippen molar-refractivity contribution in [2.45, 2.75) is 33.7 Å². The fourth-order valence-corrected chi connectivity index (χ4v) is 3.19. The van der Waals surface area contributed by atoms with Gasteiger partial charge >= 0.3 is 0 Å². The molecule has 0 saturated heterocycles. The van der Waals surface area contributed by atoms with Gasteiger partial charge in [0.05, 0.1) is 17.9 Å². The molecule has 0 aliphatic rings. The first kappa shape index (κ1) is 22.9. The first-order valence-electron chi connectivity index (χ1n) is 10.4. The van der Waals surface area contributed by atoms with E-state index in [0.717, 1.165) is 67.8 Å². The predicted octanol–water partition coefficient (Wildman–Crippen LogP) is 2.51. The van der Waals surface area contributed by atoms with Crippen LogP contribution in [0.3, 0.4) is 0 Å². The van der Waals surface area contributed by atoms with Crippen molar-refractivity contribution in [3.63, 3.8) is 0 Å². The van der Waals surface area contributed by atoms with Crippen LogP contribution < -0.4 is 10.6 Å². The van der Waals surface area contributed by atoms with Gasteiger partial charge in [0.25, 0.3) is 0 Å². The summed E-state index contributed by atoms with van der Waals surface area (Å²) in [6.07, 6.45) is 1.05. The summed E-state index contributed by atoms with van der Waals surface area (Å²) in [5, 5.41) is 11.4. The molecule has 7 nitrogen and oxygen atoms in total. The lowest BCUT2D eigenvalue weighted by Gasteiger charge is -2.18. The predicted molar refractivity (Wildman–Crippen MR) is 120 cm³/mol. The van der Waals surface area contributed by atoms with E-state index in [2.05, 4.69) is 65.8 Å². The number of benzene rings is 1. The Bertz CT molecular complexity index is 770. The van der Waals surface area contributed by atoms with Crippen LogP contribution in [0.2, 0.25) is 0 Å². The quantitative estimate of drug-likeness (QED) is 0.345. The van der Waals surface area contributed by atoms with Gasteiger partial charge in [0.2, 0.25) is 0 Å². The van der Waals surface area contributed by atoms with Gasteiger partial charge in [-0.25, -0.2) is 9.67 Å². The zero-order valence-corrected chi connectivity index (χ0v) is 18.5. The molecule has 0 radical (unpaired) electrons. The molecule has 1 aromatic heterocycles. The maximum absolute atomic E-state index is 5.11. The minimum atomic E-state index is 0.591. The molecule has 2 rings (SSSR count). The molecule has 29 heavy (non-hydrogen) atoms. The number of nitrogens with one attached hydrogen (secondary N) is 2. The van der Waals surface area contributed by atoms with E-state index in [-0.39, 0.29) is 0 Å². The van der Waals surface area contributed by atoms with Gasteiger partial charge in [-0.1, -0.05) is 18.2 Å². The number of likely N-dealkylation sites (N-methyl/N-ethyl adjacent to an activating group) is 1. The van der Waals surface area contributed by atoms with Crippen LogP contribution in [0.25, 0.3) is 5.69 Å². The second-order valence-electron chi connectivity index (χ2n) is 7.24. The average Bonchev–Trinajstić information content (AvgIpc) is 3.04. The van der Waals surface area contributed by atoms with Crippen LogP contribution in [0, 0.1) is 13.8 Å². The van der Waals surface area contributed by atoms with Crippen LogP contribution in [-0.2, 0) is 11.3 Å². The number of aryl methyl sites for hydroxylation is 2. The highest BCUT2D eigenvalue weighted by Gasteiger charge is 2.09. The second-order valence-corrected chi connectivity index (χ2v) is 7.24. The van der Waals surface area contributed by atoms with E-state index in [9.17, 15) is 0 Å². The standard InChI is InChI=1S/C22H36N6O/c1-6-23-22(24-12-14-27(4)13-9-15-29-5)25-17-20-10-7-8-11-21(20)28-19(3)16-18(2)26-28/h7-8,10-11,16H,6,9,12-15,17H2,1-5H3,(H2,23,24,25). The van der Waals surface area contributed by atoms with Crippen molar-refractivity contribution in [1.82, 2.24) is 25.3 Å². The molecular formula is C22H36N6O. The molecule has 0 bridgehead atoms. The van der Waals surface area contributed by atoms with Crippen molar-refractivity contribution < 1.29 is 4.74 Å². The van der Waals surface area contributed by atoms with Crippen molar-refractivity contribution in [1.29, 1.82) is 0 Å². The third-order valence-electron chi connectivity index (χ3n) is 4.66. The number of guanidine groups is 1. The van der Waals surface area contributed by atoms with Crippen LogP contribution in [0.4, 0.5) is 0 Å². The van der Waals surface area contributed by atoms with Gasteiger partial charge in [0.15, 0.2) is 5.96 Å². The van der Waals surface area contributed by atoms with Gasteiger partial charge in [-0.05, 0) is 51.9 Å². The molecule has 0 aliphatic heterocycles. The van der Waals surface area contributed by atoms with Crippen molar-refractivity contribution in [3.05, 3.63) is 47.3 Å². The lowest BCUT2D eigenvalue weighted by atomic mass is 10.2. The number of rotatable bonds is 11. The minimum absolute atomic E-state index is 0.591. The van der Waals surface area contributed by atoms with Crippen molar-refractivity contribution in [2.24, 2.45) is 4.99 Å². The first-order valence-corrected chi connectivity index (χ1v) is 10.4. The summed E-state index contributed by atoms with van der Waals surface area (Å²) in [5.41, 5.74) is 4.37. The highest BCUT2D eigenvalue weighted by molar-refractivity contribution is 5.79. The van der Waals surface area contributed by atoms with Crippen LogP contribution in [0.15, 0.2) is 35.3 Å². The van der Waals surface area contributed by atoms with Crippen molar-refractivity contribution in [3.8, 4) is 5.69 Å². The smallest absolute Gasteiger partial charge is 0.191 e. The van der Waals surface area contributed by atoms with Crippen LogP contribution in [0.1, 0.15) is 30.3 Å². The molecule has 1 aromatic carbocycles. The molecule has 0 aliphatic carbocycles. The van der Waals surface area contributed by atoms with E-state index in [1.165, 1.54) is 0 Å². The molecule has 0 unspecified atom stereocenters. The summed E-state index contributed by atoms with van der Waals surface area (Å²) >= 11 is 0. The van der Waals surface area contributed by atoms with E-state index >= 15 is 0 Å². The SMILES string of the molecule is CCNC(=NCc1ccccc1-n1nc(C)cc1C)NCCN(C)CCCOC. The van der Waals surface area contributed by atoms with E-state index in [1.54, 1.807) is 7.11 Å². The first-order chi connectivity index (χ1) is 14.0. The summed E-state index contributed by atoms with van der Waals surface area (Å²) in [5.74, 6) is 0.834. The van der Waals surface area contributed by atoms with Gasteiger partial charge in [-0.3, -0.25) is 0 Å². The Morgan fingerprint density at radius 1 is 1.21 bits per heavy atom. The zero-order valence-electron chi connectivity index (χ0n) is 18.5. The number of nitrogens with zero attached hydrogens (tertiary/aromatic N) is 4. The van der Waals surface area contributed by atoms with Crippen molar-refractivity contribution in [2.75, 3.05) is 46.9 Å². The lowest BCUT2D eigenvalue weighted by Crippen LogP contribution is -2.41. The number of hydrogen-bond acceptors (Lipinski definition) is 4. The highest BCUT2D eigenvalue weighted by Crippen LogP contribution is 2.17. The fourth-order valence-electron chi connectivity index (χ4n) is 3.19. The van der Waals surface area contributed by atoms with E-state index in [0.29, 0.717) is 6.54 Å². The monoisotopic (exact) mass is 400 g/mol. The molecule has 0 fully saturated rings. The lowest BCUT2D eigenvalue weighted by molar-refractivity contribution is 0.180. The summed E-state index contributed by atoms with van der Waals surface area (Å²) in [6.45, 7) is 11.2. The average molecular weight is 401 g/mol. The summed E-state index contributed by atoms with van der Waals surface area (Å²) in [4.78, 5) is 7.09. The van der Waals surface area contributed by atoms with Crippen molar-refractivity contribution >= 4 is 5.96 Å². The number of hydrogen-bond donors (Lipinski definition) is 2. The fraction of sp³-hybridized carbons (Fsp3) is 0.545. The number of aliphatic imine (C=N–C) groups is 1. The van der Waals surface area contributed by atoms with Gasteiger partial charge in [-0.2, -0.15) is 5.10 Å². The van der Waals surface area contributed by atoms with Gasteiger partial charge < -0.3 is 20.3 Å². The van der Waals surface area contributed by atoms with Gasteiger partial charge in [-0.15, -0.1) is 0 Å². The maximum Gasteiger partial charge on any atom is 0.191 e. The normalized spacial score (nSPS) is 11.9. The third kappa shape index (κ3) is 7.51. The zero-order chi connectivity index (χ0) is 21.1. The maximum atomic E-state index is 5.11. The Morgan fingerprint density at radius 2 is 2.00 bits per heavy atom. The summed E-state index contributed by atoms with van der Waals surface area (Å²) in [6, 6.07) is 10.4. The number of ether oxygens (including phenoxy) is 1. The van der Waals surface area contributed by atoms with Crippen LogP contribution >= 0.6 is 0 Å². The molecule has 2 aromatic rings. The molecule has 1 heterocycles. The molecule has 0 spiro atoms. The summed E-state index contributed by atoms with van der Waals surface area (Å²) < 4.78 is 7.11. The van der Waals surface area contributed by atoms with E-state index in [4.69, 9.17) is 9.73 Å². The Morgan fingerprint density at radius 3 is 2.69 bits per heavy atom. The molecule has 0 saturated carbocycles. The second kappa shape index (κ2) is 12.2. The van der Waals surface area contributed by atoms with Crippen LogP contribution in [-0.4, -0.2) is 67.6 Å². The summed E-state index contributed by atoms with van der Waals surface area (Å²) in [7, 11) is 3.87. The highest BCUT2D eigenvalue weighted by atomic mass is 16.5. The van der Waals surface area contributed by atoms with Gasteiger partial charge in [0, 0.05) is 45.6 Å². The Labute approximate surface area is 175 Å². The largest absolute Gasteiger partial charge is 0.385 e. The number of para-hydroxylation sites is 1. The molecule has 0 amide bonds. The van der Waals surface area contributed by atoms with E-state index in [1.807, 2.05) is 17.7 Å². The van der Waals surface area contributed by atoms with Gasteiger partial charge in [0.1, 0.15) is 0 Å². The molecular weight excluding hydrogens is 364 g/mol. The molecule has 160 valence electrons. The van der Waals surface area contributed by atoms with Crippen LogP contribution in [0.5, 0.6) is 0 Å². The molecule has 0 atom stereocenters. The topological polar surface area (TPSA) is 66.7 Å². The Kier molecular flexibility index (Phi) is 9.67. The number of methoxy groups -OCH3 is 1. The Balaban J connectivity index is 1.99. The van der Waals surface area contributed by atoms with E-state index < -0.39 is 0 Å². The Hall–Kier alpha value is -2.38. The third-order valence-corrected chi connectivity index (χ3v) is 4.66. The molecule has 7 heteroatoms. The molecule has 2 N–H and O–H groups in total. The number of aromatic nitrogens is 2. The minimum Gasteiger partial charge on any atom is -0.385 e.